The summed E-state index contributed by atoms with van der Waals surface area (Å²) in [6.07, 6.45) is 0. The van der Waals surface area contributed by atoms with Crippen LogP contribution in [0.2, 0.25) is 0 Å². The summed E-state index contributed by atoms with van der Waals surface area (Å²) in [5.41, 5.74) is 0.439. The van der Waals surface area contributed by atoms with E-state index in [0.717, 1.165) is 0 Å². The molecule has 142 valence electrons. The monoisotopic (exact) mass is 391 g/mol. The average Bonchev–Trinajstić information content (AvgIpc) is 3.19. The number of esters is 1. The van der Waals surface area contributed by atoms with Gasteiger partial charge in [-0.25, -0.2) is 4.79 Å². The van der Waals surface area contributed by atoms with Crippen LogP contribution in [-0.4, -0.2) is 43.9 Å². The number of Topliss-reactive ketones (excluding diaryl/α,β-unsaturated/α-hetero) is 1. The van der Waals surface area contributed by atoms with Gasteiger partial charge in [0.15, 0.2) is 30.5 Å². The minimum Gasteiger partial charge on any atom is -0.493 e. The summed E-state index contributed by atoms with van der Waals surface area (Å²) in [4.78, 5) is 46.8. The van der Waals surface area contributed by atoms with Crippen molar-refractivity contribution in [2.45, 2.75) is 6.92 Å². The summed E-state index contributed by atoms with van der Waals surface area (Å²) in [5, 5.41) is 3.81. The maximum atomic E-state index is 11.7. The van der Waals surface area contributed by atoms with Crippen molar-refractivity contribution in [1.29, 1.82) is 0 Å². The molecular weight excluding hydrogens is 374 g/mol. The number of nitrogens with one attached hydrogen (secondary N) is 1. The normalized spacial score (nSPS) is 10.0. The molecular formula is C18H17NO7S. The lowest BCUT2D eigenvalue weighted by molar-refractivity contribution is -0.150. The van der Waals surface area contributed by atoms with Gasteiger partial charge in [-0.05, 0) is 36.6 Å². The van der Waals surface area contributed by atoms with Crippen LogP contribution in [0.5, 0.6) is 11.5 Å². The van der Waals surface area contributed by atoms with E-state index >= 15 is 0 Å². The van der Waals surface area contributed by atoms with Crippen LogP contribution in [0.25, 0.3) is 0 Å². The molecule has 8 nitrogen and oxygen atoms in total. The number of rotatable bonds is 8. The Kier molecular flexibility index (Phi) is 7.07. The zero-order chi connectivity index (χ0) is 19.8. The number of amides is 2. The third-order valence-electron chi connectivity index (χ3n) is 3.28. The highest BCUT2D eigenvalue weighted by molar-refractivity contribution is 7.12. The molecule has 1 N–H and O–H groups in total. The predicted molar refractivity (Wildman–Crippen MR) is 96.2 cm³/mol. The van der Waals surface area contributed by atoms with Crippen molar-refractivity contribution in [3.05, 3.63) is 46.2 Å². The average molecular weight is 391 g/mol. The third-order valence-corrected chi connectivity index (χ3v) is 4.15. The number of imide groups is 1. The molecule has 0 unspecified atom stereocenters. The Hall–Kier alpha value is -3.20. The maximum absolute atomic E-state index is 11.7. The van der Waals surface area contributed by atoms with Gasteiger partial charge in [0.1, 0.15) is 0 Å². The van der Waals surface area contributed by atoms with E-state index in [1.54, 1.807) is 17.5 Å². The number of methoxy groups -OCH3 is 1. The molecule has 1 aromatic heterocycles. The second-order valence-corrected chi connectivity index (χ2v) is 6.17. The fourth-order valence-electron chi connectivity index (χ4n) is 1.96. The van der Waals surface area contributed by atoms with E-state index in [-0.39, 0.29) is 17.3 Å². The van der Waals surface area contributed by atoms with E-state index < -0.39 is 31.0 Å². The lowest BCUT2D eigenvalue weighted by Crippen LogP contribution is -2.34. The first-order chi connectivity index (χ1) is 12.9. The van der Waals surface area contributed by atoms with Crippen molar-refractivity contribution in [3.63, 3.8) is 0 Å². The van der Waals surface area contributed by atoms with Crippen molar-refractivity contribution in [1.82, 2.24) is 5.32 Å². The fraction of sp³-hybridized carbons (Fsp3) is 0.222. The van der Waals surface area contributed by atoms with Crippen molar-refractivity contribution in [2.75, 3.05) is 20.3 Å². The first kappa shape index (κ1) is 20.1. The van der Waals surface area contributed by atoms with Gasteiger partial charge in [-0.3, -0.25) is 19.7 Å². The molecule has 0 aliphatic heterocycles. The summed E-state index contributed by atoms with van der Waals surface area (Å²) in [7, 11) is 1.40. The molecule has 0 saturated heterocycles. The van der Waals surface area contributed by atoms with Crippen LogP contribution in [0.1, 0.15) is 27.0 Å². The van der Waals surface area contributed by atoms with Crippen LogP contribution in [0, 0.1) is 0 Å². The predicted octanol–water partition coefficient (Wildman–Crippen LogP) is 1.84. The van der Waals surface area contributed by atoms with Crippen LogP contribution in [-0.2, 0) is 14.3 Å². The summed E-state index contributed by atoms with van der Waals surface area (Å²) >= 11 is 1.18. The number of ether oxygens (including phenoxy) is 3. The highest BCUT2D eigenvalue weighted by Crippen LogP contribution is 2.28. The maximum Gasteiger partial charge on any atom is 0.344 e. The van der Waals surface area contributed by atoms with Crippen LogP contribution in [0.4, 0.5) is 0 Å². The second kappa shape index (κ2) is 9.48. The molecule has 1 aromatic carbocycles. The zero-order valence-electron chi connectivity index (χ0n) is 14.6. The van der Waals surface area contributed by atoms with E-state index in [0.29, 0.717) is 10.4 Å². The Bertz CT molecular complexity index is 845. The van der Waals surface area contributed by atoms with Crippen LogP contribution in [0.3, 0.4) is 0 Å². The summed E-state index contributed by atoms with van der Waals surface area (Å²) in [6, 6.07) is 7.77. The molecule has 0 spiro atoms. The number of benzene rings is 1. The number of carbonyl (C=O) groups is 4. The second-order valence-electron chi connectivity index (χ2n) is 5.23. The van der Waals surface area contributed by atoms with Crippen molar-refractivity contribution < 1.29 is 33.4 Å². The molecule has 1 heterocycles. The van der Waals surface area contributed by atoms with E-state index in [9.17, 15) is 19.2 Å². The van der Waals surface area contributed by atoms with Gasteiger partial charge in [-0.1, -0.05) is 6.07 Å². The first-order valence-corrected chi connectivity index (χ1v) is 8.63. The SMILES string of the molecule is COc1cc(C(C)=O)ccc1OCC(=O)OCC(=O)NC(=O)c1cccs1. The highest BCUT2D eigenvalue weighted by atomic mass is 32.1. The van der Waals surface area contributed by atoms with Gasteiger partial charge >= 0.3 is 5.97 Å². The van der Waals surface area contributed by atoms with Crippen molar-refractivity contribution in [2.24, 2.45) is 0 Å². The number of ketones is 1. The largest absolute Gasteiger partial charge is 0.493 e. The van der Waals surface area contributed by atoms with Crippen molar-refractivity contribution >= 4 is 34.9 Å². The van der Waals surface area contributed by atoms with E-state index in [1.165, 1.54) is 43.6 Å². The Morgan fingerprint density at radius 3 is 2.48 bits per heavy atom. The molecule has 0 aliphatic rings. The van der Waals surface area contributed by atoms with Crippen molar-refractivity contribution in [3.8, 4) is 11.5 Å². The minimum atomic E-state index is -0.800. The van der Waals surface area contributed by atoms with Gasteiger partial charge in [0.05, 0.1) is 12.0 Å². The minimum absolute atomic E-state index is 0.137. The molecule has 0 aliphatic carbocycles. The van der Waals surface area contributed by atoms with Gasteiger partial charge in [0.2, 0.25) is 0 Å². The molecule has 0 fully saturated rings. The molecule has 0 atom stereocenters. The molecule has 0 radical (unpaired) electrons. The third kappa shape index (κ3) is 5.93. The van der Waals surface area contributed by atoms with E-state index in [4.69, 9.17) is 14.2 Å². The molecule has 2 rings (SSSR count). The van der Waals surface area contributed by atoms with Gasteiger partial charge in [0, 0.05) is 5.56 Å². The Morgan fingerprint density at radius 1 is 1.07 bits per heavy atom. The molecule has 2 aromatic rings. The summed E-state index contributed by atoms with van der Waals surface area (Å²) in [5.74, 6) is -1.71. The van der Waals surface area contributed by atoms with Gasteiger partial charge < -0.3 is 14.2 Å². The van der Waals surface area contributed by atoms with Crippen LogP contribution < -0.4 is 14.8 Å². The molecule has 0 bridgehead atoms. The first-order valence-electron chi connectivity index (χ1n) is 7.75. The Labute approximate surface area is 159 Å². The summed E-state index contributed by atoms with van der Waals surface area (Å²) in [6.45, 7) is 0.336. The summed E-state index contributed by atoms with van der Waals surface area (Å²) < 4.78 is 15.2. The number of hydrogen-bond donors (Lipinski definition) is 1. The standard InChI is InChI=1S/C18H17NO7S/c1-11(20)12-5-6-13(14(8-12)24-2)25-10-17(22)26-9-16(21)19-18(23)15-4-3-7-27-15/h3-8H,9-10H2,1-2H3,(H,19,21,23). The number of hydrogen-bond acceptors (Lipinski definition) is 8. The molecule has 2 amide bonds. The molecule has 9 heteroatoms. The fourth-order valence-corrected chi connectivity index (χ4v) is 2.58. The molecule has 27 heavy (non-hydrogen) atoms. The van der Waals surface area contributed by atoms with Gasteiger partial charge in [0.25, 0.3) is 11.8 Å². The highest BCUT2D eigenvalue weighted by Gasteiger charge is 2.15. The van der Waals surface area contributed by atoms with E-state index in [2.05, 4.69) is 5.32 Å². The van der Waals surface area contributed by atoms with E-state index in [1.807, 2.05) is 0 Å². The quantitative estimate of drug-likeness (QED) is 0.540. The Balaban J connectivity index is 1.80. The lowest BCUT2D eigenvalue weighted by atomic mass is 10.1. The Morgan fingerprint density at radius 2 is 1.85 bits per heavy atom. The topological polar surface area (TPSA) is 108 Å². The number of carbonyl (C=O) groups excluding carboxylic acids is 4. The van der Waals surface area contributed by atoms with Crippen LogP contribution in [0.15, 0.2) is 35.7 Å². The smallest absolute Gasteiger partial charge is 0.344 e. The van der Waals surface area contributed by atoms with Gasteiger partial charge in [-0.2, -0.15) is 0 Å². The number of thiophene rings is 1. The molecule has 0 saturated carbocycles. The lowest BCUT2D eigenvalue weighted by Gasteiger charge is -2.11. The zero-order valence-corrected chi connectivity index (χ0v) is 15.5. The van der Waals surface area contributed by atoms with Gasteiger partial charge in [-0.15, -0.1) is 11.3 Å². The van der Waals surface area contributed by atoms with Crippen LogP contribution >= 0.6 is 11.3 Å².